The van der Waals surface area contributed by atoms with Crippen molar-refractivity contribution in [1.82, 2.24) is 15.1 Å². The van der Waals surface area contributed by atoms with Crippen molar-refractivity contribution >= 4 is 12.1 Å². The maximum atomic E-state index is 12.5. The van der Waals surface area contributed by atoms with Gasteiger partial charge in [-0.2, -0.15) is 0 Å². The van der Waals surface area contributed by atoms with Crippen LogP contribution in [-0.2, 0) is 9.47 Å². The molecule has 2 fully saturated rings. The fraction of sp³-hybridized carbons (Fsp3) is 0.667. The molecule has 2 atom stereocenters. The van der Waals surface area contributed by atoms with E-state index >= 15 is 0 Å². The van der Waals surface area contributed by atoms with E-state index in [4.69, 9.17) is 14.5 Å². The first kappa shape index (κ1) is 21.9. The SMILES string of the molecule is CC(C)(C)OC(=O)N1CCN2C(NC(CC3CCOCC3)c3ccccc3)=NCC2C1. The number of benzene rings is 1. The van der Waals surface area contributed by atoms with Gasteiger partial charge in [0.25, 0.3) is 0 Å². The summed E-state index contributed by atoms with van der Waals surface area (Å²) in [5.41, 5.74) is 0.827. The van der Waals surface area contributed by atoms with Crippen LogP contribution in [0.4, 0.5) is 4.79 Å². The van der Waals surface area contributed by atoms with Crippen LogP contribution >= 0.6 is 0 Å². The molecule has 4 rings (SSSR count). The van der Waals surface area contributed by atoms with Crippen LogP contribution in [0.1, 0.15) is 51.6 Å². The quantitative estimate of drug-likeness (QED) is 0.796. The molecule has 170 valence electrons. The highest BCUT2D eigenvalue weighted by Gasteiger charge is 2.37. The van der Waals surface area contributed by atoms with Crippen molar-refractivity contribution in [2.45, 2.75) is 57.7 Å². The van der Waals surface area contributed by atoms with Gasteiger partial charge in [-0.15, -0.1) is 0 Å². The highest BCUT2D eigenvalue weighted by atomic mass is 16.6. The average Bonchev–Trinajstić information content (AvgIpc) is 3.15. The largest absolute Gasteiger partial charge is 0.444 e. The van der Waals surface area contributed by atoms with Gasteiger partial charge in [0, 0.05) is 32.8 Å². The van der Waals surface area contributed by atoms with Gasteiger partial charge in [-0.05, 0) is 51.5 Å². The van der Waals surface area contributed by atoms with E-state index in [0.717, 1.165) is 45.0 Å². The van der Waals surface area contributed by atoms with Crippen LogP contribution in [0.25, 0.3) is 0 Å². The molecule has 1 aromatic carbocycles. The molecule has 7 heteroatoms. The number of rotatable bonds is 4. The molecule has 2 unspecified atom stereocenters. The van der Waals surface area contributed by atoms with Crippen molar-refractivity contribution in [1.29, 1.82) is 0 Å². The summed E-state index contributed by atoms with van der Waals surface area (Å²) in [6.07, 6.45) is 3.09. The fourth-order valence-electron chi connectivity index (χ4n) is 4.63. The number of hydrogen-bond acceptors (Lipinski definition) is 6. The smallest absolute Gasteiger partial charge is 0.410 e. The third-order valence-electron chi connectivity index (χ3n) is 6.27. The molecular formula is C24H36N4O3. The van der Waals surface area contributed by atoms with E-state index in [9.17, 15) is 4.79 Å². The van der Waals surface area contributed by atoms with Gasteiger partial charge in [0.05, 0.1) is 18.6 Å². The van der Waals surface area contributed by atoms with Crippen molar-refractivity contribution in [2.24, 2.45) is 10.9 Å². The van der Waals surface area contributed by atoms with Crippen LogP contribution in [0.3, 0.4) is 0 Å². The lowest BCUT2D eigenvalue weighted by Gasteiger charge is -2.40. The standard InChI is InChI=1S/C24H36N4O3/c1-24(2,3)31-23(29)27-11-12-28-20(17-27)16-25-22(28)26-21(19-7-5-4-6-8-19)15-18-9-13-30-14-10-18/h4-8,18,20-21H,9-17H2,1-3H3,(H,25,26). The molecule has 31 heavy (non-hydrogen) atoms. The first-order valence-corrected chi connectivity index (χ1v) is 11.6. The van der Waals surface area contributed by atoms with Gasteiger partial charge >= 0.3 is 6.09 Å². The van der Waals surface area contributed by atoms with Crippen molar-refractivity contribution in [2.75, 3.05) is 39.4 Å². The first-order chi connectivity index (χ1) is 14.9. The summed E-state index contributed by atoms with van der Waals surface area (Å²) in [5.74, 6) is 1.63. The highest BCUT2D eigenvalue weighted by molar-refractivity contribution is 5.83. The zero-order valence-corrected chi connectivity index (χ0v) is 19.0. The number of carbonyl (C=O) groups is 1. The summed E-state index contributed by atoms with van der Waals surface area (Å²) in [7, 11) is 0. The molecule has 1 N–H and O–H groups in total. The third kappa shape index (κ3) is 5.70. The van der Waals surface area contributed by atoms with Crippen molar-refractivity contribution < 1.29 is 14.3 Å². The summed E-state index contributed by atoms with van der Waals surface area (Å²) in [6.45, 7) is 10.2. The Balaban J connectivity index is 1.39. The van der Waals surface area contributed by atoms with Crippen LogP contribution < -0.4 is 5.32 Å². The normalized spacial score (nSPS) is 23.2. The van der Waals surface area contributed by atoms with Crippen LogP contribution in [0.5, 0.6) is 0 Å². The van der Waals surface area contributed by atoms with Gasteiger partial charge in [-0.3, -0.25) is 4.99 Å². The molecule has 0 bridgehead atoms. The second-order valence-electron chi connectivity index (χ2n) is 9.84. The van der Waals surface area contributed by atoms with E-state index in [1.807, 2.05) is 25.7 Å². The number of nitrogens with zero attached hydrogens (tertiary/aromatic N) is 3. The van der Waals surface area contributed by atoms with Gasteiger partial charge < -0.3 is 24.6 Å². The van der Waals surface area contributed by atoms with E-state index in [1.54, 1.807) is 0 Å². The maximum Gasteiger partial charge on any atom is 0.410 e. The summed E-state index contributed by atoms with van der Waals surface area (Å²) < 4.78 is 11.1. The van der Waals surface area contributed by atoms with E-state index in [-0.39, 0.29) is 18.2 Å². The molecule has 2 saturated heterocycles. The number of aliphatic imine (C=N–C) groups is 1. The fourth-order valence-corrected chi connectivity index (χ4v) is 4.63. The molecule has 3 heterocycles. The molecule has 0 spiro atoms. The minimum absolute atomic E-state index is 0.211. The van der Waals surface area contributed by atoms with Crippen LogP contribution in [0.2, 0.25) is 0 Å². The maximum absolute atomic E-state index is 12.5. The zero-order chi connectivity index (χ0) is 21.8. The van der Waals surface area contributed by atoms with Crippen LogP contribution in [0, 0.1) is 5.92 Å². The minimum atomic E-state index is -0.472. The van der Waals surface area contributed by atoms with Gasteiger partial charge in [0.1, 0.15) is 5.60 Å². The van der Waals surface area contributed by atoms with Gasteiger partial charge in [0.15, 0.2) is 5.96 Å². The van der Waals surface area contributed by atoms with Crippen LogP contribution in [0.15, 0.2) is 35.3 Å². The first-order valence-electron chi connectivity index (χ1n) is 11.6. The number of carbonyl (C=O) groups excluding carboxylic acids is 1. The monoisotopic (exact) mass is 428 g/mol. The van der Waals surface area contributed by atoms with E-state index in [0.29, 0.717) is 25.6 Å². The lowest BCUT2D eigenvalue weighted by molar-refractivity contribution is 0.0136. The Hall–Kier alpha value is -2.28. The number of hydrogen-bond donors (Lipinski definition) is 1. The van der Waals surface area contributed by atoms with Crippen molar-refractivity contribution in [3.63, 3.8) is 0 Å². The summed E-state index contributed by atoms with van der Waals surface area (Å²) in [5, 5.41) is 3.76. The number of amides is 1. The number of fused-ring (bicyclic) bond motifs is 1. The molecule has 0 aromatic heterocycles. The van der Waals surface area contributed by atoms with E-state index < -0.39 is 5.60 Å². The molecule has 7 nitrogen and oxygen atoms in total. The Labute approximate surface area is 185 Å². The minimum Gasteiger partial charge on any atom is -0.444 e. The van der Waals surface area contributed by atoms with Gasteiger partial charge in [-0.25, -0.2) is 4.79 Å². The number of guanidine groups is 1. The van der Waals surface area contributed by atoms with Crippen molar-refractivity contribution in [3.05, 3.63) is 35.9 Å². The molecule has 0 saturated carbocycles. The van der Waals surface area contributed by atoms with E-state index in [1.165, 1.54) is 5.56 Å². The Bertz CT molecular complexity index is 771. The second kappa shape index (κ2) is 9.47. The lowest BCUT2D eigenvalue weighted by Crippen LogP contribution is -2.57. The number of ether oxygens (including phenoxy) is 2. The molecule has 0 aliphatic carbocycles. The second-order valence-corrected chi connectivity index (χ2v) is 9.84. The topological polar surface area (TPSA) is 66.4 Å². The van der Waals surface area contributed by atoms with Crippen molar-refractivity contribution in [3.8, 4) is 0 Å². The number of nitrogens with one attached hydrogen (secondary N) is 1. The third-order valence-corrected chi connectivity index (χ3v) is 6.27. The van der Waals surface area contributed by atoms with Crippen LogP contribution in [-0.4, -0.2) is 72.9 Å². The molecule has 1 amide bonds. The molecule has 3 aliphatic heterocycles. The Kier molecular flexibility index (Phi) is 6.70. The zero-order valence-electron chi connectivity index (χ0n) is 19.0. The van der Waals surface area contributed by atoms with Gasteiger partial charge in [-0.1, -0.05) is 30.3 Å². The summed E-state index contributed by atoms with van der Waals surface area (Å²) >= 11 is 0. The summed E-state index contributed by atoms with van der Waals surface area (Å²) in [6, 6.07) is 11.1. The van der Waals surface area contributed by atoms with E-state index in [2.05, 4.69) is 40.5 Å². The predicted molar refractivity (Wildman–Crippen MR) is 121 cm³/mol. The Morgan fingerprint density at radius 3 is 2.68 bits per heavy atom. The van der Waals surface area contributed by atoms with Gasteiger partial charge in [0.2, 0.25) is 0 Å². The Morgan fingerprint density at radius 1 is 1.23 bits per heavy atom. The summed E-state index contributed by atoms with van der Waals surface area (Å²) in [4.78, 5) is 21.5. The molecule has 3 aliphatic rings. The number of piperazine rings is 1. The molecule has 1 aromatic rings. The predicted octanol–water partition coefficient (Wildman–Crippen LogP) is 3.42. The Morgan fingerprint density at radius 2 is 1.97 bits per heavy atom. The lowest BCUT2D eigenvalue weighted by atomic mass is 9.89. The average molecular weight is 429 g/mol. The molecule has 0 radical (unpaired) electrons. The molecular weight excluding hydrogens is 392 g/mol. The highest BCUT2D eigenvalue weighted by Crippen LogP contribution is 2.29.